The van der Waals surface area contributed by atoms with Gasteiger partial charge in [0.05, 0.1) is 30.7 Å². The van der Waals surface area contributed by atoms with Gasteiger partial charge in [0.15, 0.2) is 0 Å². The highest BCUT2D eigenvalue weighted by molar-refractivity contribution is 5.82. The summed E-state index contributed by atoms with van der Waals surface area (Å²) in [6.07, 6.45) is 0.397. The van der Waals surface area contributed by atoms with Crippen LogP contribution < -0.4 is 5.32 Å². The number of amides is 1. The van der Waals surface area contributed by atoms with Crippen LogP contribution in [-0.4, -0.2) is 59.8 Å². The largest absolute Gasteiger partial charge is 0.379 e. The van der Waals surface area contributed by atoms with Gasteiger partial charge >= 0.3 is 0 Å². The molecule has 2 heterocycles. The Hall–Kier alpha value is -1.92. The molecule has 1 aromatic carbocycles. The van der Waals surface area contributed by atoms with Crippen LogP contribution >= 0.6 is 0 Å². The summed E-state index contributed by atoms with van der Waals surface area (Å²) in [6.45, 7) is 7.03. The summed E-state index contributed by atoms with van der Waals surface area (Å²) in [4.78, 5) is 18.9. The van der Waals surface area contributed by atoms with Gasteiger partial charge in [0.25, 0.3) is 0 Å². The van der Waals surface area contributed by atoms with Crippen LogP contribution in [0.3, 0.4) is 0 Å². The molecule has 1 aliphatic heterocycles. The molecule has 0 atom stereocenters. The fourth-order valence-corrected chi connectivity index (χ4v) is 2.90. The second-order valence-electron chi connectivity index (χ2n) is 6.02. The molecule has 1 N–H and O–H groups in total. The lowest BCUT2D eigenvalue weighted by Crippen LogP contribution is -2.41. The minimum atomic E-state index is 0.0604. The molecule has 0 aliphatic carbocycles. The van der Waals surface area contributed by atoms with Crippen molar-refractivity contribution in [3.8, 4) is 0 Å². The summed E-state index contributed by atoms with van der Waals surface area (Å²) in [5.74, 6) is 1.04. The Labute approximate surface area is 136 Å². The summed E-state index contributed by atoms with van der Waals surface area (Å²) in [5, 5.41) is 3.00. The third kappa shape index (κ3) is 3.89. The van der Waals surface area contributed by atoms with E-state index in [1.807, 2.05) is 32.2 Å². The predicted molar refractivity (Wildman–Crippen MR) is 89.4 cm³/mol. The third-order valence-electron chi connectivity index (χ3n) is 4.39. The summed E-state index contributed by atoms with van der Waals surface area (Å²) < 4.78 is 7.37. The summed E-state index contributed by atoms with van der Waals surface area (Å²) >= 11 is 0. The van der Waals surface area contributed by atoms with Crippen molar-refractivity contribution < 1.29 is 9.53 Å². The van der Waals surface area contributed by atoms with E-state index in [1.54, 1.807) is 0 Å². The standard InChI is InChI=1S/C17H24N4O2/c1-13-19-15-11-14(3-4-16(15)20(13)2)12-17(22)18-5-6-21-7-9-23-10-8-21/h3-4,11H,5-10,12H2,1-2H3,(H,18,22). The number of nitrogens with one attached hydrogen (secondary N) is 1. The average Bonchev–Trinajstić information content (AvgIpc) is 2.82. The molecule has 0 radical (unpaired) electrons. The van der Waals surface area contributed by atoms with Gasteiger partial charge in [-0.05, 0) is 24.6 Å². The molecule has 2 aromatic rings. The van der Waals surface area contributed by atoms with Gasteiger partial charge in [-0.1, -0.05) is 6.07 Å². The molecule has 0 unspecified atom stereocenters. The monoisotopic (exact) mass is 316 g/mol. The molecular weight excluding hydrogens is 292 g/mol. The van der Waals surface area contributed by atoms with Gasteiger partial charge in [-0.15, -0.1) is 0 Å². The van der Waals surface area contributed by atoms with Crippen LogP contribution in [0, 0.1) is 6.92 Å². The molecule has 124 valence electrons. The molecular formula is C17H24N4O2. The van der Waals surface area contributed by atoms with Crippen molar-refractivity contribution in [2.75, 3.05) is 39.4 Å². The predicted octanol–water partition coefficient (Wildman–Crippen LogP) is 0.873. The highest BCUT2D eigenvalue weighted by atomic mass is 16.5. The zero-order valence-corrected chi connectivity index (χ0v) is 13.8. The molecule has 1 amide bonds. The highest BCUT2D eigenvalue weighted by Gasteiger charge is 2.11. The molecule has 1 saturated heterocycles. The molecule has 0 bridgehead atoms. The van der Waals surface area contributed by atoms with Crippen LogP contribution in [0.5, 0.6) is 0 Å². The number of hydrogen-bond acceptors (Lipinski definition) is 4. The first-order valence-electron chi connectivity index (χ1n) is 8.12. The molecule has 6 heteroatoms. The first kappa shape index (κ1) is 16.0. The topological polar surface area (TPSA) is 59.4 Å². The minimum absolute atomic E-state index is 0.0604. The first-order chi connectivity index (χ1) is 11.1. The first-order valence-corrected chi connectivity index (χ1v) is 8.12. The minimum Gasteiger partial charge on any atom is -0.379 e. The second-order valence-corrected chi connectivity index (χ2v) is 6.02. The zero-order chi connectivity index (χ0) is 16.2. The molecule has 23 heavy (non-hydrogen) atoms. The summed E-state index contributed by atoms with van der Waals surface area (Å²) in [5.41, 5.74) is 3.04. The number of morpholine rings is 1. The fraction of sp³-hybridized carbons (Fsp3) is 0.529. The van der Waals surface area contributed by atoms with Gasteiger partial charge in [-0.25, -0.2) is 4.98 Å². The van der Waals surface area contributed by atoms with E-state index in [2.05, 4.69) is 19.8 Å². The molecule has 1 aromatic heterocycles. The quantitative estimate of drug-likeness (QED) is 0.889. The molecule has 6 nitrogen and oxygen atoms in total. The van der Waals surface area contributed by atoms with Crippen molar-refractivity contribution in [2.24, 2.45) is 7.05 Å². The molecule has 0 spiro atoms. The lowest BCUT2D eigenvalue weighted by atomic mass is 10.1. The van der Waals surface area contributed by atoms with Crippen molar-refractivity contribution in [3.63, 3.8) is 0 Å². The Morgan fingerprint density at radius 3 is 2.91 bits per heavy atom. The lowest BCUT2D eigenvalue weighted by molar-refractivity contribution is -0.120. The maximum atomic E-state index is 12.1. The van der Waals surface area contributed by atoms with Crippen molar-refractivity contribution >= 4 is 16.9 Å². The van der Waals surface area contributed by atoms with Crippen LogP contribution in [0.2, 0.25) is 0 Å². The van der Waals surface area contributed by atoms with Crippen molar-refractivity contribution in [1.29, 1.82) is 0 Å². The molecule has 3 rings (SSSR count). The Kier molecular flexibility index (Phi) is 4.93. The van der Waals surface area contributed by atoms with Gasteiger partial charge < -0.3 is 14.6 Å². The summed E-state index contributed by atoms with van der Waals surface area (Å²) in [6, 6.07) is 6.04. The Balaban J connectivity index is 1.51. The van der Waals surface area contributed by atoms with Crippen LogP contribution in [-0.2, 0) is 23.0 Å². The number of ether oxygens (including phenoxy) is 1. The number of carbonyl (C=O) groups is 1. The lowest BCUT2D eigenvalue weighted by Gasteiger charge is -2.26. The number of imidazole rings is 1. The smallest absolute Gasteiger partial charge is 0.224 e. The van der Waals surface area contributed by atoms with E-state index in [0.29, 0.717) is 13.0 Å². The number of carbonyl (C=O) groups excluding carboxylic acids is 1. The van der Waals surface area contributed by atoms with Gasteiger partial charge in [0.1, 0.15) is 5.82 Å². The van der Waals surface area contributed by atoms with Crippen molar-refractivity contribution in [2.45, 2.75) is 13.3 Å². The number of aryl methyl sites for hydroxylation is 2. The Bertz CT molecular complexity index is 689. The number of rotatable bonds is 5. The van der Waals surface area contributed by atoms with Gasteiger partial charge in [0.2, 0.25) is 5.91 Å². The van der Waals surface area contributed by atoms with E-state index in [0.717, 1.165) is 55.3 Å². The SMILES string of the molecule is Cc1nc2cc(CC(=O)NCCN3CCOCC3)ccc2n1C. The van der Waals surface area contributed by atoms with E-state index >= 15 is 0 Å². The van der Waals surface area contributed by atoms with Gasteiger partial charge in [0, 0.05) is 33.2 Å². The van der Waals surface area contributed by atoms with Gasteiger partial charge in [-0.3, -0.25) is 9.69 Å². The second kappa shape index (κ2) is 7.10. The molecule has 0 saturated carbocycles. The fourth-order valence-electron chi connectivity index (χ4n) is 2.90. The number of nitrogens with zero attached hydrogens (tertiary/aromatic N) is 3. The van der Waals surface area contributed by atoms with Gasteiger partial charge in [-0.2, -0.15) is 0 Å². The van der Waals surface area contributed by atoms with Crippen LogP contribution in [0.4, 0.5) is 0 Å². The van der Waals surface area contributed by atoms with E-state index in [4.69, 9.17) is 4.74 Å². The maximum Gasteiger partial charge on any atom is 0.224 e. The van der Waals surface area contributed by atoms with E-state index in [-0.39, 0.29) is 5.91 Å². The number of aromatic nitrogens is 2. The summed E-state index contributed by atoms with van der Waals surface area (Å²) in [7, 11) is 2.00. The molecule has 1 aliphatic rings. The van der Waals surface area contributed by atoms with Crippen LogP contribution in [0.25, 0.3) is 11.0 Å². The third-order valence-corrected chi connectivity index (χ3v) is 4.39. The normalized spacial score (nSPS) is 15.9. The van der Waals surface area contributed by atoms with E-state index in [1.165, 1.54) is 0 Å². The van der Waals surface area contributed by atoms with E-state index < -0.39 is 0 Å². The number of hydrogen-bond donors (Lipinski definition) is 1. The Morgan fingerprint density at radius 2 is 2.13 bits per heavy atom. The average molecular weight is 316 g/mol. The zero-order valence-electron chi connectivity index (χ0n) is 13.8. The number of benzene rings is 1. The highest BCUT2D eigenvalue weighted by Crippen LogP contribution is 2.16. The molecule has 1 fully saturated rings. The van der Waals surface area contributed by atoms with Crippen molar-refractivity contribution in [3.05, 3.63) is 29.6 Å². The Morgan fingerprint density at radius 1 is 1.35 bits per heavy atom. The van der Waals surface area contributed by atoms with Crippen LogP contribution in [0.15, 0.2) is 18.2 Å². The van der Waals surface area contributed by atoms with Crippen LogP contribution in [0.1, 0.15) is 11.4 Å². The maximum absolute atomic E-state index is 12.1. The van der Waals surface area contributed by atoms with E-state index in [9.17, 15) is 4.79 Å². The number of fused-ring (bicyclic) bond motifs is 1. The van der Waals surface area contributed by atoms with Crippen molar-refractivity contribution in [1.82, 2.24) is 19.8 Å².